The van der Waals surface area contributed by atoms with Crippen LogP contribution in [-0.2, 0) is 36.8 Å². The highest BCUT2D eigenvalue weighted by Gasteiger charge is 2.39. The fourth-order valence-corrected chi connectivity index (χ4v) is 4.28. The first-order chi connectivity index (χ1) is 14.6. The molecule has 0 fully saturated rings. The fourth-order valence-electron chi connectivity index (χ4n) is 4.28. The minimum atomic E-state index is -4.46. The molecule has 0 unspecified atom stereocenters. The number of benzene rings is 1. The van der Waals surface area contributed by atoms with Gasteiger partial charge in [0.2, 0.25) is 0 Å². The van der Waals surface area contributed by atoms with Crippen molar-refractivity contribution in [2.24, 2.45) is 0 Å². The minimum Gasteiger partial charge on any atom is -0.483 e. The molecule has 4 rings (SSSR count). The monoisotopic (exact) mass is 437 g/mol. The van der Waals surface area contributed by atoms with E-state index in [-0.39, 0.29) is 31.2 Å². The van der Waals surface area contributed by atoms with Crippen molar-refractivity contribution in [3.8, 4) is 11.5 Å². The number of carbonyl (C=O) groups is 1. The molecule has 9 heteroatoms. The van der Waals surface area contributed by atoms with Gasteiger partial charge in [0.05, 0.1) is 6.54 Å². The molecule has 1 aliphatic carbocycles. The summed E-state index contributed by atoms with van der Waals surface area (Å²) in [4.78, 5) is 12.2. The van der Waals surface area contributed by atoms with E-state index in [9.17, 15) is 18.0 Å². The highest BCUT2D eigenvalue weighted by Crippen LogP contribution is 2.41. The molecule has 1 N–H and O–H groups in total. The molecule has 2 aromatic rings. The Kier molecular flexibility index (Phi) is 5.61. The number of amides is 1. The fraction of sp³-hybridized carbons (Fsp3) is 0.545. The summed E-state index contributed by atoms with van der Waals surface area (Å²) in [6, 6.07) is 5.58. The van der Waals surface area contributed by atoms with Gasteiger partial charge in [0, 0.05) is 29.8 Å². The molecule has 6 nitrogen and oxygen atoms in total. The summed E-state index contributed by atoms with van der Waals surface area (Å²) in [5.74, 6) is 0.810. The first kappa shape index (κ1) is 21.5. The highest BCUT2D eigenvalue weighted by atomic mass is 19.4. The van der Waals surface area contributed by atoms with Gasteiger partial charge in [-0.2, -0.15) is 18.3 Å². The molecule has 31 heavy (non-hydrogen) atoms. The van der Waals surface area contributed by atoms with E-state index in [1.165, 1.54) is 4.68 Å². The summed E-state index contributed by atoms with van der Waals surface area (Å²) in [6.07, 6.45) is -1.15. The van der Waals surface area contributed by atoms with Gasteiger partial charge in [-0.3, -0.25) is 9.48 Å². The second-order valence-electron chi connectivity index (χ2n) is 8.62. The van der Waals surface area contributed by atoms with Crippen LogP contribution < -0.4 is 14.8 Å². The van der Waals surface area contributed by atoms with Crippen molar-refractivity contribution < 1.29 is 27.4 Å². The molecule has 1 aliphatic heterocycles. The van der Waals surface area contributed by atoms with Gasteiger partial charge in [-0.1, -0.05) is 12.1 Å². The molecule has 0 saturated heterocycles. The van der Waals surface area contributed by atoms with Crippen LogP contribution >= 0.6 is 0 Å². The van der Waals surface area contributed by atoms with Crippen molar-refractivity contribution in [2.45, 2.75) is 64.3 Å². The average Bonchev–Trinajstić information content (AvgIpc) is 3.23. The molecule has 2 aliphatic rings. The third-order valence-electron chi connectivity index (χ3n) is 5.58. The zero-order chi connectivity index (χ0) is 22.2. The Morgan fingerprint density at radius 3 is 2.84 bits per heavy atom. The number of halogens is 3. The van der Waals surface area contributed by atoms with Crippen LogP contribution in [0.5, 0.6) is 11.5 Å². The molecular formula is C22H26F3N3O3. The lowest BCUT2D eigenvalue weighted by atomic mass is 9.95. The van der Waals surface area contributed by atoms with Gasteiger partial charge in [-0.25, -0.2) is 0 Å². The number of fused-ring (bicyclic) bond motifs is 2. The van der Waals surface area contributed by atoms with Gasteiger partial charge in [-0.15, -0.1) is 0 Å². The van der Waals surface area contributed by atoms with Crippen LogP contribution in [0.2, 0.25) is 0 Å². The van der Waals surface area contributed by atoms with Gasteiger partial charge in [0.15, 0.2) is 23.8 Å². The van der Waals surface area contributed by atoms with Crippen molar-refractivity contribution in [3.63, 3.8) is 0 Å². The van der Waals surface area contributed by atoms with Gasteiger partial charge < -0.3 is 14.8 Å². The molecule has 0 saturated carbocycles. The van der Waals surface area contributed by atoms with E-state index in [1.54, 1.807) is 6.07 Å². The predicted molar refractivity (Wildman–Crippen MR) is 107 cm³/mol. The number of nitrogens with zero attached hydrogens (tertiary/aromatic N) is 2. The zero-order valence-corrected chi connectivity index (χ0v) is 17.6. The molecule has 0 radical (unpaired) electrons. The van der Waals surface area contributed by atoms with E-state index >= 15 is 0 Å². The van der Waals surface area contributed by atoms with Crippen molar-refractivity contribution in [3.05, 3.63) is 40.7 Å². The summed E-state index contributed by atoms with van der Waals surface area (Å²) in [6.45, 7) is 4.13. The number of nitrogens with one attached hydrogen (secondary N) is 1. The van der Waals surface area contributed by atoms with Crippen LogP contribution in [0.3, 0.4) is 0 Å². The van der Waals surface area contributed by atoms with Crippen molar-refractivity contribution in [1.29, 1.82) is 0 Å². The summed E-state index contributed by atoms with van der Waals surface area (Å²) in [5, 5.41) is 6.49. The number of hydrogen-bond donors (Lipinski definition) is 1. The van der Waals surface area contributed by atoms with E-state index in [0.29, 0.717) is 35.6 Å². The van der Waals surface area contributed by atoms with E-state index in [0.717, 1.165) is 24.8 Å². The summed E-state index contributed by atoms with van der Waals surface area (Å²) in [7, 11) is 0. The van der Waals surface area contributed by atoms with Gasteiger partial charge in [0.25, 0.3) is 5.91 Å². The third kappa shape index (κ3) is 4.65. The first-order valence-electron chi connectivity index (χ1n) is 10.5. The Bertz CT molecular complexity index is 982. The van der Waals surface area contributed by atoms with Crippen LogP contribution in [0.4, 0.5) is 13.2 Å². The predicted octanol–water partition coefficient (Wildman–Crippen LogP) is 3.69. The SMILES string of the molecule is CC1(C)Cc2cccc(OCC(=O)NCCn3nc(C(F)(F)F)c4c3CCCC4)c2O1. The number of rotatable bonds is 6. The van der Waals surface area contributed by atoms with Gasteiger partial charge in [-0.05, 0) is 45.6 Å². The molecule has 1 aromatic heterocycles. The van der Waals surface area contributed by atoms with Gasteiger partial charge in [0.1, 0.15) is 5.60 Å². The largest absolute Gasteiger partial charge is 0.483 e. The number of aromatic nitrogens is 2. The van der Waals surface area contributed by atoms with E-state index in [1.807, 2.05) is 26.0 Å². The van der Waals surface area contributed by atoms with Crippen LogP contribution in [0.25, 0.3) is 0 Å². The lowest BCUT2D eigenvalue weighted by Crippen LogP contribution is -2.32. The Balaban J connectivity index is 1.32. The van der Waals surface area contributed by atoms with Crippen LogP contribution in [0, 0.1) is 0 Å². The van der Waals surface area contributed by atoms with E-state index in [4.69, 9.17) is 9.47 Å². The minimum absolute atomic E-state index is 0.171. The second kappa shape index (κ2) is 8.09. The smallest absolute Gasteiger partial charge is 0.435 e. The van der Waals surface area contributed by atoms with Crippen molar-refractivity contribution >= 4 is 5.91 Å². The zero-order valence-electron chi connectivity index (χ0n) is 17.6. The van der Waals surface area contributed by atoms with Gasteiger partial charge >= 0.3 is 6.18 Å². The number of carbonyl (C=O) groups excluding carboxylic acids is 1. The van der Waals surface area contributed by atoms with Crippen LogP contribution in [0.1, 0.15) is 49.2 Å². The molecule has 168 valence electrons. The molecule has 0 spiro atoms. The maximum absolute atomic E-state index is 13.3. The molecule has 2 heterocycles. The summed E-state index contributed by atoms with van der Waals surface area (Å²) >= 11 is 0. The number of hydrogen-bond acceptors (Lipinski definition) is 4. The Labute approximate surface area is 178 Å². The molecule has 0 bridgehead atoms. The summed E-state index contributed by atoms with van der Waals surface area (Å²) in [5.41, 5.74) is 0.852. The van der Waals surface area contributed by atoms with Crippen molar-refractivity contribution in [1.82, 2.24) is 15.1 Å². The quantitative estimate of drug-likeness (QED) is 0.749. The lowest BCUT2D eigenvalue weighted by molar-refractivity contribution is -0.142. The number of para-hydroxylation sites is 1. The molecule has 1 amide bonds. The maximum Gasteiger partial charge on any atom is 0.435 e. The standard InChI is InChI=1S/C22H26F3N3O3/c1-21(2)12-14-6-5-9-17(19(14)31-21)30-13-18(29)26-10-11-28-16-8-4-3-7-15(16)20(27-28)22(23,24)25/h5-6,9H,3-4,7-8,10-13H2,1-2H3,(H,26,29). The lowest BCUT2D eigenvalue weighted by Gasteiger charge is -2.18. The number of alkyl halides is 3. The Morgan fingerprint density at radius 1 is 1.29 bits per heavy atom. The highest BCUT2D eigenvalue weighted by molar-refractivity contribution is 5.77. The van der Waals surface area contributed by atoms with E-state index in [2.05, 4.69) is 10.4 Å². The summed E-state index contributed by atoms with van der Waals surface area (Å²) < 4.78 is 52.8. The Hall–Kier alpha value is -2.71. The van der Waals surface area contributed by atoms with Crippen LogP contribution in [-0.4, -0.2) is 34.4 Å². The van der Waals surface area contributed by atoms with E-state index < -0.39 is 11.9 Å². The first-order valence-corrected chi connectivity index (χ1v) is 10.5. The third-order valence-corrected chi connectivity index (χ3v) is 5.58. The Morgan fingerprint density at radius 2 is 2.06 bits per heavy atom. The maximum atomic E-state index is 13.3. The van der Waals surface area contributed by atoms with Crippen LogP contribution in [0.15, 0.2) is 18.2 Å². The second-order valence-corrected chi connectivity index (χ2v) is 8.62. The molecule has 0 atom stereocenters. The number of ether oxygens (including phenoxy) is 2. The molecule has 1 aromatic carbocycles. The van der Waals surface area contributed by atoms with Crippen molar-refractivity contribution in [2.75, 3.05) is 13.2 Å². The molecular weight excluding hydrogens is 411 g/mol. The topological polar surface area (TPSA) is 65.4 Å². The normalized spacial score (nSPS) is 16.9. The average molecular weight is 437 g/mol.